The molecule has 6 nitrogen and oxygen atoms in total. The number of benzene rings is 2. The summed E-state index contributed by atoms with van der Waals surface area (Å²) in [5, 5.41) is 4.67. The highest BCUT2D eigenvalue weighted by atomic mass is 35.5. The molecular weight excluding hydrogens is 503 g/mol. The minimum absolute atomic E-state index is 0.0641. The minimum atomic E-state index is -4.63. The van der Waals surface area contributed by atoms with Crippen LogP contribution >= 0.6 is 23.2 Å². The number of anilines is 1. The zero-order valence-corrected chi connectivity index (χ0v) is 18.9. The summed E-state index contributed by atoms with van der Waals surface area (Å²) in [6, 6.07) is 6.74. The third-order valence-corrected chi connectivity index (χ3v) is 6.62. The molecule has 0 bridgehead atoms. The highest BCUT2D eigenvalue weighted by Crippen LogP contribution is 2.67. The van der Waals surface area contributed by atoms with Crippen molar-refractivity contribution in [3.63, 3.8) is 0 Å². The smallest absolute Gasteiger partial charge is 0.417 e. The van der Waals surface area contributed by atoms with Crippen molar-refractivity contribution >= 4 is 40.9 Å². The van der Waals surface area contributed by atoms with E-state index in [2.05, 4.69) is 10.6 Å². The second kappa shape index (κ2) is 9.14. The lowest BCUT2D eigenvalue weighted by molar-refractivity contribution is -0.137. The molecule has 2 aromatic carbocycles. The normalized spacial score (nSPS) is 22.8. The Morgan fingerprint density at radius 1 is 1.09 bits per heavy atom. The molecule has 0 aliphatic heterocycles. The number of amides is 2. The van der Waals surface area contributed by atoms with Gasteiger partial charge in [0.1, 0.15) is 11.6 Å². The maximum atomic E-state index is 13.4. The molecule has 2 fully saturated rings. The summed E-state index contributed by atoms with van der Waals surface area (Å²) >= 11 is 11.2. The van der Waals surface area contributed by atoms with Crippen LogP contribution in [-0.2, 0) is 15.7 Å². The van der Waals surface area contributed by atoms with E-state index >= 15 is 0 Å². The van der Waals surface area contributed by atoms with E-state index in [4.69, 9.17) is 32.7 Å². The maximum Gasteiger partial charge on any atom is 0.417 e. The van der Waals surface area contributed by atoms with E-state index in [-0.39, 0.29) is 40.4 Å². The van der Waals surface area contributed by atoms with Gasteiger partial charge in [0.25, 0.3) is 5.91 Å². The van der Waals surface area contributed by atoms with Crippen LogP contribution < -0.4 is 15.4 Å². The molecular formula is C22H18Cl2F4N2O4. The lowest BCUT2D eigenvalue weighted by atomic mass is 9.80. The Balaban J connectivity index is 1.18. The Kier molecular flexibility index (Phi) is 6.56. The molecule has 2 N–H and O–H groups in total. The van der Waals surface area contributed by atoms with Crippen molar-refractivity contribution in [1.82, 2.24) is 5.32 Å². The molecule has 0 saturated heterocycles. The number of carbonyl (C=O) groups excluding carboxylic acids is 2. The number of hydrogen-bond donors (Lipinski definition) is 2. The number of ether oxygens (including phenoxy) is 2. The first-order valence-corrected chi connectivity index (χ1v) is 10.9. The van der Waals surface area contributed by atoms with Gasteiger partial charge in [-0.15, -0.1) is 0 Å². The molecule has 0 heterocycles. The van der Waals surface area contributed by atoms with Gasteiger partial charge < -0.3 is 14.8 Å². The first-order valence-electron chi connectivity index (χ1n) is 10.1. The number of alkyl halides is 3. The maximum absolute atomic E-state index is 13.4. The van der Waals surface area contributed by atoms with Gasteiger partial charge in [0, 0.05) is 17.1 Å². The quantitative estimate of drug-likeness (QED) is 0.461. The highest BCUT2D eigenvalue weighted by Gasteiger charge is 2.68. The summed E-state index contributed by atoms with van der Waals surface area (Å²) in [6.45, 7) is -0.306. The van der Waals surface area contributed by atoms with Gasteiger partial charge in [0.05, 0.1) is 22.2 Å². The Bertz CT molecular complexity index is 1130. The van der Waals surface area contributed by atoms with Crippen LogP contribution in [0.2, 0.25) is 10.0 Å². The summed E-state index contributed by atoms with van der Waals surface area (Å²) in [4.78, 5) is 24.1. The number of rotatable bonds is 7. The van der Waals surface area contributed by atoms with Crippen LogP contribution in [0.25, 0.3) is 0 Å². The summed E-state index contributed by atoms with van der Waals surface area (Å²) in [5.74, 6) is -1.14. The summed E-state index contributed by atoms with van der Waals surface area (Å²) in [6.07, 6.45) is -4.02. The predicted molar refractivity (Wildman–Crippen MR) is 115 cm³/mol. The topological polar surface area (TPSA) is 76.7 Å². The number of fused-ring (bicyclic) bond motifs is 1. The third-order valence-electron chi connectivity index (χ3n) is 5.98. The largest absolute Gasteiger partial charge is 0.484 e. The molecule has 4 rings (SSSR count). The van der Waals surface area contributed by atoms with Crippen molar-refractivity contribution in [2.75, 3.05) is 18.5 Å². The standard InChI is InChI=1S/C22H18Cl2F4N2O4/c23-15-4-2-12(6-13(15)22(26,27)28)33-9-19(31)30-18-8-21(7-14(18)21)10-34-20(32)29-11-1-3-16(24)17(25)5-11/h1-6,14,18H,7-10H2,(H,29,32)(H,30,31). The fraction of sp³-hybridized carbons (Fsp3) is 0.364. The van der Waals surface area contributed by atoms with E-state index in [9.17, 15) is 27.2 Å². The summed E-state index contributed by atoms with van der Waals surface area (Å²) in [7, 11) is 0. The van der Waals surface area contributed by atoms with Crippen LogP contribution in [0.4, 0.5) is 28.0 Å². The highest BCUT2D eigenvalue weighted by molar-refractivity contribution is 6.31. The number of nitrogens with one attached hydrogen (secondary N) is 2. The molecule has 3 unspecified atom stereocenters. The predicted octanol–water partition coefficient (Wildman–Crippen LogP) is 5.67. The lowest BCUT2D eigenvalue weighted by Gasteiger charge is -2.34. The third kappa shape index (κ3) is 5.33. The molecule has 12 heteroatoms. The van der Waals surface area contributed by atoms with Gasteiger partial charge in [-0.25, -0.2) is 9.18 Å². The Morgan fingerprint density at radius 2 is 1.82 bits per heavy atom. The van der Waals surface area contributed by atoms with Crippen LogP contribution in [-0.4, -0.2) is 31.3 Å². The summed E-state index contributed by atoms with van der Waals surface area (Å²) in [5.41, 5.74) is -1.04. The molecule has 2 aliphatic carbocycles. The van der Waals surface area contributed by atoms with Gasteiger partial charge in [-0.2, -0.15) is 13.2 Å². The van der Waals surface area contributed by atoms with Gasteiger partial charge in [0.15, 0.2) is 6.61 Å². The molecule has 3 atom stereocenters. The fourth-order valence-electron chi connectivity index (χ4n) is 4.12. The lowest BCUT2D eigenvalue weighted by Crippen LogP contribution is -2.48. The Labute approximate surface area is 201 Å². The molecule has 0 radical (unpaired) electrons. The second-order valence-electron chi connectivity index (χ2n) is 8.31. The zero-order chi connectivity index (χ0) is 24.7. The van der Waals surface area contributed by atoms with Crippen molar-refractivity contribution in [3.05, 3.63) is 57.8 Å². The number of hydrogen-bond acceptors (Lipinski definition) is 4. The van der Waals surface area contributed by atoms with Crippen molar-refractivity contribution in [1.29, 1.82) is 0 Å². The molecule has 2 aliphatic rings. The van der Waals surface area contributed by atoms with Crippen molar-refractivity contribution in [2.24, 2.45) is 11.3 Å². The summed E-state index contributed by atoms with van der Waals surface area (Å²) < 4.78 is 62.6. The molecule has 182 valence electrons. The van der Waals surface area contributed by atoms with Gasteiger partial charge in [-0.3, -0.25) is 10.1 Å². The zero-order valence-electron chi connectivity index (χ0n) is 17.3. The van der Waals surface area contributed by atoms with Crippen LogP contribution in [0.1, 0.15) is 18.4 Å². The minimum Gasteiger partial charge on any atom is -0.484 e. The van der Waals surface area contributed by atoms with Gasteiger partial charge in [-0.1, -0.05) is 23.2 Å². The van der Waals surface area contributed by atoms with E-state index in [0.717, 1.165) is 24.6 Å². The van der Waals surface area contributed by atoms with Crippen LogP contribution in [0.5, 0.6) is 5.75 Å². The first kappa shape index (κ1) is 24.4. The van der Waals surface area contributed by atoms with E-state index in [1.54, 1.807) is 0 Å². The van der Waals surface area contributed by atoms with Crippen molar-refractivity contribution in [2.45, 2.75) is 25.1 Å². The Hall–Kier alpha value is -2.72. The van der Waals surface area contributed by atoms with Crippen LogP contribution in [0.15, 0.2) is 36.4 Å². The Morgan fingerprint density at radius 3 is 2.50 bits per heavy atom. The van der Waals surface area contributed by atoms with E-state index in [1.165, 1.54) is 18.2 Å². The molecule has 0 aromatic heterocycles. The van der Waals surface area contributed by atoms with E-state index in [0.29, 0.717) is 6.42 Å². The van der Waals surface area contributed by atoms with E-state index < -0.39 is 41.2 Å². The average molecular weight is 521 g/mol. The van der Waals surface area contributed by atoms with Gasteiger partial charge in [-0.05, 0) is 55.2 Å². The SMILES string of the molecule is O=C(COc1ccc(Cl)c(C(F)(F)F)c1)NC1CC2(COC(=O)Nc3ccc(Cl)c(F)c3)CC12. The van der Waals surface area contributed by atoms with E-state index in [1.807, 2.05) is 0 Å². The average Bonchev–Trinajstić information content (AvgIpc) is 3.36. The monoisotopic (exact) mass is 520 g/mol. The second-order valence-corrected chi connectivity index (χ2v) is 9.12. The molecule has 2 aromatic rings. The van der Waals surface area contributed by atoms with Gasteiger partial charge in [0.2, 0.25) is 0 Å². The molecule has 0 spiro atoms. The molecule has 2 amide bonds. The fourth-order valence-corrected chi connectivity index (χ4v) is 4.47. The molecule has 34 heavy (non-hydrogen) atoms. The molecule has 2 saturated carbocycles. The first-order chi connectivity index (χ1) is 16.0. The number of halogens is 6. The van der Waals surface area contributed by atoms with Crippen LogP contribution in [0.3, 0.4) is 0 Å². The van der Waals surface area contributed by atoms with Crippen molar-refractivity contribution < 1.29 is 36.6 Å². The van der Waals surface area contributed by atoms with Crippen molar-refractivity contribution in [3.8, 4) is 5.75 Å². The van der Waals surface area contributed by atoms with Gasteiger partial charge >= 0.3 is 12.3 Å². The van der Waals surface area contributed by atoms with Crippen LogP contribution in [0, 0.1) is 17.2 Å². The number of carbonyl (C=O) groups is 2.